The van der Waals surface area contributed by atoms with Crippen molar-refractivity contribution in [1.82, 2.24) is 0 Å². The van der Waals surface area contributed by atoms with E-state index in [0.717, 1.165) is 5.56 Å². The van der Waals surface area contributed by atoms with Gasteiger partial charge in [-0.1, -0.05) is 52.5 Å². The molecule has 164 valence electrons. The second-order valence-corrected chi connectivity index (χ2v) is 8.13. The van der Waals surface area contributed by atoms with Gasteiger partial charge in [0.2, 0.25) is 0 Å². The summed E-state index contributed by atoms with van der Waals surface area (Å²) in [4.78, 5) is 0. The Kier molecular flexibility index (Phi) is 8.00. The number of anilines is 1. The minimum Gasteiger partial charge on any atom is -0.505 e. The molecule has 3 rings (SSSR count). The van der Waals surface area contributed by atoms with Crippen LogP contribution in [0.1, 0.15) is 18.1 Å². The molecule has 0 saturated carbocycles. The van der Waals surface area contributed by atoms with Crippen LogP contribution in [0.15, 0.2) is 42.5 Å². The van der Waals surface area contributed by atoms with E-state index in [2.05, 4.69) is 5.32 Å². The van der Waals surface area contributed by atoms with Crippen molar-refractivity contribution >= 4 is 52.1 Å². The third-order valence-corrected chi connectivity index (χ3v) is 5.48. The van der Waals surface area contributed by atoms with E-state index >= 15 is 0 Å². The van der Waals surface area contributed by atoms with Gasteiger partial charge in [-0.2, -0.15) is 0 Å². The van der Waals surface area contributed by atoms with Crippen molar-refractivity contribution in [3.8, 4) is 17.2 Å². The normalized spacial score (nSPS) is 10.8. The third-order valence-electron chi connectivity index (χ3n) is 4.27. The molecule has 0 radical (unpaired) electrons. The minimum absolute atomic E-state index is 0.0982. The number of phenolic OH excluding ortho intramolecular Hbond substituents is 1. The molecule has 0 aliphatic rings. The van der Waals surface area contributed by atoms with E-state index < -0.39 is 5.82 Å². The molecular formula is C22H18Cl4FNO3. The van der Waals surface area contributed by atoms with Crippen LogP contribution in [-0.4, -0.2) is 11.7 Å². The van der Waals surface area contributed by atoms with E-state index in [-0.39, 0.29) is 27.4 Å². The van der Waals surface area contributed by atoms with Crippen LogP contribution in [0.4, 0.5) is 10.1 Å². The number of aromatic hydroxyl groups is 1. The Morgan fingerprint density at radius 1 is 0.903 bits per heavy atom. The number of phenols is 1. The molecule has 3 aromatic rings. The van der Waals surface area contributed by atoms with E-state index in [1.165, 1.54) is 12.1 Å². The van der Waals surface area contributed by atoms with Gasteiger partial charge < -0.3 is 19.9 Å². The monoisotopic (exact) mass is 503 g/mol. The summed E-state index contributed by atoms with van der Waals surface area (Å²) in [5.74, 6) is 0.239. The van der Waals surface area contributed by atoms with Gasteiger partial charge in [0, 0.05) is 17.8 Å². The van der Waals surface area contributed by atoms with Crippen molar-refractivity contribution in [3.05, 3.63) is 79.5 Å². The average Bonchev–Trinajstić information content (AvgIpc) is 2.71. The molecule has 9 heteroatoms. The predicted molar refractivity (Wildman–Crippen MR) is 124 cm³/mol. The van der Waals surface area contributed by atoms with E-state index in [1.54, 1.807) is 30.3 Å². The van der Waals surface area contributed by atoms with Crippen LogP contribution < -0.4 is 14.8 Å². The molecule has 0 spiro atoms. The molecule has 0 amide bonds. The van der Waals surface area contributed by atoms with E-state index in [9.17, 15) is 9.50 Å². The summed E-state index contributed by atoms with van der Waals surface area (Å²) in [5, 5.41) is 13.7. The van der Waals surface area contributed by atoms with Crippen molar-refractivity contribution < 1.29 is 19.0 Å². The molecule has 31 heavy (non-hydrogen) atoms. The van der Waals surface area contributed by atoms with E-state index in [1.807, 2.05) is 6.92 Å². The van der Waals surface area contributed by atoms with Gasteiger partial charge in [-0.25, -0.2) is 4.39 Å². The fourth-order valence-electron chi connectivity index (χ4n) is 2.79. The zero-order chi connectivity index (χ0) is 22.5. The number of hydrogen-bond acceptors (Lipinski definition) is 4. The van der Waals surface area contributed by atoms with Crippen LogP contribution in [-0.2, 0) is 13.2 Å². The summed E-state index contributed by atoms with van der Waals surface area (Å²) >= 11 is 24.4. The second-order valence-electron chi connectivity index (χ2n) is 6.50. The molecule has 0 aliphatic carbocycles. The lowest BCUT2D eigenvalue weighted by Crippen LogP contribution is -2.04. The van der Waals surface area contributed by atoms with Crippen molar-refractivity contribution in [2.75, 3.05) is 11.9 Å². The standard InChI is InChI=1S/C22H18Cl4FNO3/c1-2-30-20-6-12(10-28-15-8-17(24)21(29)18(25)9-15)5-19(26)22(20)31-11-13-3-4-14(27)7-16(13)23/h3-9,28-29H,2,10-11H2,1H3. The van der Waals surface area contributed by atoms with E-state index in [4.69, 9.17) is 55.9 Å². The number of halogens is 5. The molecule has 3 aromatic carbocycles. The van der Waals surface area contributed by atoms with Crippen molar-refractivity contribution in [2.45, 2.75) is 20.1 Å². The number of benzene rings is 3. The molecule has 4 nitrogen and oxygen atoms in total. The second kappa shape index (κ2) is 10.5. The first-order chi connectivity index (χ1) is 14.8. The smallest absolute Gasteiger partial charge is 0.180 e. The number of hydrogen-bond donors (Lipinski definition) is 2. The molecular weight excluding hydrogens is 487 g/mol. The van der Waals surface area contributed by atoms with E-state index in [0.29, 0.717) is 40.9 Å². The van der Waals surface area contributed by atoms with Gasteiger partial charge in [0.15, 0.2) is 17.2 Å². The fraction of sp³-hybridized carbons (Fsp3) is 0.182. The summed E-state index contributed by atoms with van der Waals surface area (Å²) < 4.78 is 24.8. The maximum atomic E-state index is 13.2. The number of nitrogens with one attached hydrogen (secondary N) is 1. The first kappa shape index (κ1) is 23.6. The van der Waals surface area contributed by atoms with Gasteiger partial charge in [-0.15, -0.1) is 0 Å². The highest BCUT2D eigenvalue weighted by molar-refractivity contribution is 6.37. The van der Waals surface area contributed by atoms with Gasteiger partial charge in [-0.3, -0.25) is 0 Å². The van der Waals surface area contributed by atoms with Crippen molar-refractivity contribution in [1.29, 1.82) is 0 Å². The maximum Gasteiger partial charge on any atom is 0.180 e. The molecule has 0 aliphatic heterocycles. The SMILES string of the molecule is CCOc1cc(CNc2cc(Cl)c(O)c(Cl)c2)cc(Cl)c1OCc1ccc(F)cc1Cl. The van der Waals surface area contributed by atoms with Gasteiger partial charge in [-0.05, 0) is 48.9 Å². The quantitative estimate of drug-likeness (QED) is 0.308. The molecule has 0 saturated heterocycles. The fourth-order valence-corrected chi connectivity index (χ4v) is 3.78. The van der Waals surface area contributed by atoms with Crippen molar-refractivity contribution in [3.63, 3.8) is 0 Å². The lowest BCUT2D eigenvalue weighted by molar-refractivity contribution is 0.269. The van der Waals surface area contributed by atoms with Crippen LogP contribution in [0.5, 0.6) is 17.2 Å². The van der Waals surface area contributed by atoms with Gasteiger partial charge in [0.05, 0.1) is 26.7 Å². The minimum atomic E-state index is -0.421. The Labute approximate surface area is 199 Å². The summed E-state index contributed by atoms with van der Waals surface area (Å²) in [6.45, 7) is 2.74. The summed E-state index contributed by atoms with van der Waals surface area (Å²) in [6.07, 6.45) is 0. The van der Waals surface area contributed by atoms with Gasteiger partial charge in [0.25, 0.3) is 0 Å². The Balaban J connectivity index is 1.78. The van der Waals surface area contributed by atoms with Crippen LogP contribution in [0.3, 0.4) is 0 Å². The molecule has 2 N–H and O–H groups in total. The lowest BCUT2D eigenvalue weighted by atomic mass is 10.2. The highest BCUT2D eigenvalue weighted by Crippen LogP contribution is 2.38. The first-order valence-electron chi connectivity index (χ1n) is 9.22. The largest absolute Gasteiger partial charge is 0.505 e. The Morgan fingerprint density at radius 3 is 2.26 bits per heavy atom. The van der Waals surface area contributed by atoms with Crippen molar-refractivity contribution in [2.24, 2.45) is 0 Å². The Morgan fingerprint density at radius 2 is 1.61 bits per heavy atom. The number of ether oxygens (including phenoxy) is 2. The van der Waals surface area contributed by atoms with Crippen LogP contribution >= 0.6 is 46.4 Å². The summed E-state index contributed by atoms with van der Waals surface area (Å²) in [5.41, 5.74) is 2.07. The molecule has 0 fully saturated rings. The predicted octanol–water partition coefficient (Wildman–Crippen LogP) is 7.73. The van der Waals surface area contributed by atoms with Gasteiger partial charge in [0.1, 0.15) is 12.4 Å². The average molecular weight is 505 g/mol. The topological polar surface area (TPSA) is 50.7 Å². The highest BCUT2D eigenvalue weighted by Gasteiger charge is 2.14. The number of rotatable bonds is 8. The molecule has 0 bridgehead atoms. The zero-order valence-corrected chi connectivity index (χ0v) is 19.3. The molecule has 0 heterocycles. The summed E-state index contributed by atoms with van der Waals surface area (Å²) in [6, 6.07) is 10.8. The highest BCUT2D eigenvalue weighted by atomic mass is 35.5. The molecule has 0 atom stereocenters. The molecule has 0 aromatic heterocycles. The Hall–Kier alpha value is -2.05. The zero-order valence-electron chi connectivity index (χ0n) is 16.3. The van der Waals surface area contributed by atoms with Crippen LogP contribution in [0, 0.1) is 5.82 Å². The Bertz CT molecular complexity index is 1070. The summed E-state index contributed by atoms with van der Waals surface area (Å²) in [7, 11) is 0. The third kappa shape index (κ3) is 6.01. The van der Waals surface area contributed by atoms with Crippen LogP contribution in [0.2, 0.25) is 20.1 Å². The maximum absolute atomic E-state index is 13.2. The van der Waals surface area contributed by atoms with Gasteiger partial charge >= 0.3 is 0 Å². The van der Waals surface area contributed by atoms with Crippen LogP contribution in [0.25, 0.3) is 0 Å². The molecule has 0 unspecified atom stereocenters. The lowest BCUT2D eigenvalue weighted by Gasteiger charge is -2.16. The first-order valence-corrected chi connectivity index (χ1v) is 10.7.